The van der Waals surface area contributed by atoms with E-state index in [4.69, 9.17) is 0 Å². The van der Waals surface area contributed by atoms with Crippen molar-refractivity contribution in [2.75, 3.05) is 17.2 Å². The van der Waals surface area contributed by atoms with Crippen LogP contribution in [0.4, 0.5) is 17.3 Å². The Morgan fingerprint density at radius 1 is 1.29 bits per heavy atom. The summed E-state index contributed by atoms with van der Waals surface area (Å²) in [6.07, 6.45) is 0.952. The van der Waals surface area contributed by atoms with Crippen molar-refractivity contribution in [1.82, 2.24) is 4.98 Å². The molecule has 0 aromatic carbocycles. The van der Waals surface area contributed by atoms with Gasteiger partial charge in [-0.1, -0.05) is 6.92 Å². The highest BCUT2D eigenvalue weighted by molar-refractivity contribution is 7.10. The summed E-state index contributed by atoms with van der Waals surface area (Å²) in [5, 5.41) is 19.3. The minimum atomic E-state index is -0.416. The van der Waals surface area contributed by atoms with Crippen LogP contribution in [-0.4, -0.2) is 16.5 Å². The lowest BCUT2D eigenvalue weighted by molar-refractivity contribution is -0.384. The molecule has 7 heteroatoms. The van der Waals surface area contributed by atoms with Gasteiger partial charge in [-0.3, -0.25) is 10.1 Å². The second-order valence-electron chi connectivity index (χ2n) is 4.43. The maximum Gasteiger partial charge on any atom is 0.311 e. The molecule has 2 aromatic heterocycles. The predicted molar refractivity (Wildman–Crippen MR) is 86.1 cm³/mol. The van der Waals surface area contributed by atoms with Crippen LogP contribution in [0.2, 0.25) is 0 Å². The van der Waals surface area contributed by atoms with E-state index in [1.165, 1.54) is 16.5 Å². The van der Waals surface area contributed by atoms with Gasteiger partial charge in [0.05, 0.1) is 11.5 Å². The number of aryl methyl sites for hydroxylation is 1. The van der Waals surface area contributed by atoms with Crippen molar-refractivity contribution in [3.63, 3.8) is 0 Å². The van der Waals surface area contributed by atoms with Gasteiger partial charge in [-0.2, -0.15) is 0 Å². The largest absolute Gasteiger partial charge is 0.370 e. The summed E-state index contributed by atoms with van der Waals surface area (Å²) in [5.74, 6) is 0.932. The van der Waals surface area contributed by atoms with Crippen LogP contribution >= 0.6 is 11.3 Å². The van der Waals surface area contributed by atoms with E-state index in [1.54, 1.807) is 17.4 Å². The first kappa shape index (κ1) is 15.2. The fourth-order valence-electron chi connectivity index (χ4n) is 2.01. The number of hydrogen-bond acceptors (Lipinski definition) is 6. The van der Waals surface area contributed by atoms with Crippen LogP contribution in [0.25, 0.3) is 0 Å². The van der Waals surface area contributed by atoms with E-state index in [1.807, 2.05) is 12.3 Å². The van der Waals surface area contributed by atoms with E-state index >= 15 is 0 Å². The van der Waals surface area contributed by atoms with Crippen LogP contribution in [0, 0.1) is 10.1 Å². The van der Waals surface area contributed by atoms with Crippen LogP contribution in [0.3, 0.4) is 0 Å². The third kappa shape index (κ3) is 3.69. The Morgan fingerprint density at radius 2 is 2.10 bits per heavy atom. The Bertz CT molecular complexity index is 627. The highest BCUT2D eigenvalue weighted by Gasteiger charge is 2.16. The molecular weight excluding hydrogens is 288 g/mol. The Kier molecular flexibility index (Phi) is 5.10. The van der Waals surface area contributed by atoms with Gasteiger partial charge in [0.2, 0.25) is 5.82 Å². The maximum absolute atomic E-state index is 11.1. The number of nitrogens with zero attached hydrogens (tertiary/aromatic N) is 2. The quantitative estimate of drug-likeness (QED) is 0.603. The molecule has 0 saturated heterocycles. The Morgan fingerprint density at radius 3 is 2.76 bits per heavy atom. The average molecular weight is 306 g/mol. The van der Waals surface area contributed by atoms with Crippen molar-refractivity contribution in [1.29, 1.82) is 0 Å². The van der Waals surface area contributed by atoms with Gasteiger partial charge in [0, 0.05) is 17.5 Å². The molecule has 21 heavy (non-hydrogen) atoms. The number of nitro groups is 1. The zero-order chi connectivity index (χ0) is 15.2. The number of thiophene rings is 1. The van der Waals surface area contributed by atoms with Gasteiger partial charge in [-0.15, -0.1) is 11.3 Å². The third-order valence-corrected chi connectivity index (χ3v) is 4.03. The van der Waals surface area contributed by atoms with Gasteiger partial charge in [0.25, 0.3) is 0 Å². The minimum Gasteiger partial charge on any atom is -0.370 e. The summed E-state index contributed by atoms with van der Waals surface area (Å²) in [6, 6.07) is 5.18. The number of anilines is 2. The molecule has 112 valence electrons. The molecule has 0 amide bonds. The lowest BCUT2D eigenvalue weighted by Gasteiger charge is -2.09. The molecule has 0 radical (unpaired) electrons. The summed E-state index contributed by atoms with van der Waals surface area (Å²) < 4.78 is 0. The summed E-state index contributed by atoms with van der Waals surface area (Å²) in [4.78, 5) is 16.1. The standard InChI is InChI=1S/C14H18N4O2S/c1-3-10-7-8-21-12(10)9-16-14-11(18(19)20)5-6-13(17-14)15-4-2/h5-8H,3-4,9H2,1-2H3,(H2,15,16,17). The molecule has 0 saturated carbocycles. The second-order valence-corrected chi connectivity index (χ2v) is 5.43. The maximum atomic E-state index is 11.1. The van der Waals surface area contributed by atoms with E-state index < -0.39 is 4.92 Å². The summed E-state index contributed by atoms with van der Waals surface area (Å²) in [5.41, 5.74) is 1.25. The van der Waals surface area contributed by atoms with E-state index in [0.717, 1.165) is 13.0 Å². The first-order chi connectivity index (χ1) is 10.2. The van der Waals surface area contributed by atoms with Crippen LogP contribution < -0.4 is 10.6 Å². The van der Waals surface area contributed by atoms with Crippen LogP contribution in [0.1, 0.15) is 24.3 Å². The monoisotopic (exact) mass is 306 g/mol. The smallest absolute Gasteiger partial charge is 0.311 e. The molecule has 0 fully saturated rings. The molecule has 0 atom stereocenters. The minimum absolute atomic E-state index is 0.00809. The van der Waals surface area contributed by atoms with Crippen molar-refractivity contribution >= 4 is 28.7 Å². The molecule has 0 aliphatic carbocycles. The molecule has 2 heterocycles. The first-order valence-corrected chi connectivity index (χ1v) is 7.72. The van der Waals surface area contributed by atoms with Crippen LogP contribution in [0.15, 0.2) is 23.6 Å². The van der Waals surface area contributed by atoms with E-state index in [0.29, 0.717) is 18.2 Å². The number of pyridine rings is 1. The summed E-state index contributed by atoms with van der Waals surface area (Å²) in [6.45, 7) is 5.31. The third-order valence-electron chi connectivity index (χ3n) is 3.06. The van der Waals surface area contributed by atoms with Gasteiger partial charge in [0.15, 0.2) is 0 Å². The van der Waals surface area contributed by atoms with E-state index in [2.05, 4.69) is 28.6 Å². The fourth-order valence-corrected chi connectivity index (χ4v) is 2.93. The Hall–Kier alpha value is -2.15. The van der Waals surface area contributed by atoms with Gasteiger partial charge in [-0.25, -0.2) is 4.98 Å². The second kappa shape index (κ2) is 7.03. The molecule has 6 nitrogen and oxygen atoms in total. The number of aromatic nitrogens is 1. The van der Waals surface area contributed by atoms with E-state index in [-0.39, 0.29) is 5.69 Å². The van der Waals surface area contributed by atoms with Crippen molar-refractivity contribution in [2.24, 2.45) is 0 Å². The zero-order valence-electron chi connectivity index (χ0n) is 12.0. The number of nitrogens with one attached hydrogen (secondary N) is 2. The lowest BCUT2D eigenvalue weighted by Crippen LogP contribution is -2.07. The molecule has 2 aromatic rings. The summed E-state index contributed by atoms with van der Waals surface area (Å²) in [7, 11) is 0. The lowest BCUT2D eigenvalue weighted by atomic mass is 10.2. The summed E-state index contributed by atoms with van der Waals surface area (Å²) >= 11 is 1.65. The molecule has 2 N–H and O–H groups in total. The SMILES string of the molecule is CCNc1ccc([N+](=O)[O-])c(NCc2sccc2CC)n1. The Balaban J connectivity index is 2.20. The van der Waals surface area contributed by atoms with Gasteiger partial charge in [0.1, 0.15) is 5.82 Å². The van der Waals surface area contributed by atoms with Crippen molar-refractivity contribution in [3.8, 4) is 0 Å². The predicted octanol–water partition coefficient (Wildman–Crippen LogP) is 3.66. The van der Waals surface area contributed by atoms with Crippen LogP contribution in [0.5, 0.6) is 0 Å². The number of hydrogen-bond donors (Lipinski definition) is 2. The molecule has 0 bridgehead atoms. The number of rotatable bonds is 7. The highest BCUT2D eigenvalue weighted by Crippen LogP contribution is 2.26. The normalized spacial score (nSPS) is 10.4. The molecule has 0 aliphatic heterocycles. The molecule has 0 unspecified atom stereocenters. The zero-order valence-corrected chi connectivity index (χ0v) is 12.9. The topological polar surface area (TPSA) is 80.1 Å². The van der Waals surface area contributed by atoms with Crippen LogP contribution in [-0.2, 0) is 13.0 Å². The fraction of sp³-hybridized carbons (Fsp3) is 0.357. The molecular formula is C14H18N4O2S. The molecule has 2 rings (SSSR count). The van der Waals surface area contributed by atoms with E-state index in [9.17, 15) is 10.1 Å². The van der Waals surface area contributed by atoms with Crippen molar-refractivity contribution in [3.05, 3.63) is 44.1 Å². The molecule has 0 aliphatic rings. The first-order valence-electron chi connectivity index (χ1n) is 6.84. The van der Waals surface area contributed by atoms with Gasteiger partial charge in [-0.05, 0) is 36.4 Å². The average Bonchev–Trinajstić information content (AvgIpc) is 2.92. The van der Waals surface area contributed by atoms with Gasteiger partial charge >= 0.3 is 5.69 Å². The Labute approximate surface area is 127 Å². The highest BCUT2D eigenvalue weighted by atomic mass is 32.1. The van der Waals surface area contributed by atoms with Crippen molar-refractivity contribution < 1.29 is 4.92 Å². The van der Waals surface area contributed by atoms with Gasteiger partial charge < -0.3 is 10.6 Å². The molecule has 0 spiro atoms. The van der Waals surface area contributed by atoms with Crippen molar-refractivity contribution in [2.45, 2.75) is 26.8 Å².